The summed E-state index contributed by atoms with van der Waals surface area (Å²) in [7, 11) is 3.00. The lowest BCUT2D eigenvalue weighted by atomic mass is 9.64. The van der Waals surface area contributed by atoms with E-state index in [0.29, 0.717) is 32.6 Å². The van der Waals surface area contributed by atoms with Crippen LogP contribution in [0.25, 0.3) is 6.08 Å². The maximum absolute atomic E-state index is 15.1. The van der Waals surface area contributed by atoms with Gasteiger partial charge in [-0.25, -0.2) is 0 Å². The molecule has 3 aliphatic rings. The normalized spacial score (nSPS) is 23.3. The number of carbonyl (C=O) groups excluding carboxylic acids is 3. The molecule has 4 atom stereocenters. The number of nitrogens with one attached hydrogen (secondary N) is 1. The molecule has 1 saturated heterocycles. The molecule has 3 aromatic carbocycles. The van der Waals surface area contributed by atoms with Crippen molar-refractivity contribution in [1.82, 2.24) is 0 Å². The zero-order chi connectivity index (χ0) is 29.2. The highest BCUT2D eigenvalue weighted by Gasteiger charge is 2.70. The number of thiophene rings is 1. The highest BCUT2D eigenvalue weighted by atomic mass is 35.5. The van der Waals surface area contributed by atoms with Crippen LogP contribution < -0.4 is 19.7 Å². The van der Waals surface area contributed by atoms with Gasteiger partial charge in [0.2, 0.25) is 5.91 Å². The number of para-hydroxylation sites is 1. The molecule has 9 heteroatoms. The molecule has 42 heavy (non-hydrogen) atoms. The number of ketones is 2. The van der Waals surface area contributed by atoms with E-state index in [9.17, 15) is 9.59 Å². The standard InChI is InChI=1S/C33H25ClN2O5S/c1-40-20-11-13-25(41-2)21(17-20)30(37)28-29(31(38)26-8-5-15-42-26)36-24-12-10-19(34)16-18(24)9-14-27(36)33(28)22-6-3-4-7-23(22)35-32(33)39/h3-17,27-29H,1-2H3,(H,35,39)/t27-,28+,29+,33-/m1/s1. The van der Waals surface area contributed by atoms with E-state index in [1.54, 1.807) is 30.3 Å². The predicted octanol–water partition coefficient (Wildman–Crippen LogP) is 6.27. The van der Waals surface area contributed by atoms with E-state index >= 15 is 4.79 Å². The molecule has 0 aliphatic carbocycles. The van der Waals surface area contributed by atoms with Crippen LogP contribution >= 0.6 is 22.9 Å². The number of Topliss-reactive ketones (excluding diaryl/α,β-unsaturated/α-hetero) is 2. The number of benzene rings is 3. The molecule has 4 aromatic rings. The number of ether oxygens (including phenoxy) is 2. The lowest BCUT2D eigenvalue weighted by Crippen LogP contribution is -2.51. The van der Waals surface area contributed by atoms with Gasteiger partial charge in [0.25, 0.3) is 0 Å². The monoisotopic (exact) mass is 596 g/mol. The number of amides is 1. The van der Waals surface area contributed by atoms with E-state index in [1.807, 2.05) is 64.9 Å². The van der Waals surface area contributed by atoms with Crippen LogP contribution in [0.4, 0.5) is 11.4 Å². The minimum atomic E-state index is -1.42. The Kier molecular flexibility index (Phi) is 6.22. The number of rotatable bonds is 6. The van der Waals surface area contributed by atoms with Gasteiger partial charge in [-0.2, -0.15) is 0 Å². The summed E-state index contributed by atoms with van der Waals surface area (Å²) in [6.07, 6.45) is 3.84. The molecular formula is C33H25ClN2O5S. The third kappa shape index (κ3) is 3.61. The van der Waals surface area contributed by atoms with Gasteiger partial charge in [0, 0.05) is 16.4 Å². The first kappa shape index (κ1) is 26.5. The van der Waals surface area contributed by atoms with E-state index in [1.165, 1.54) is 25.6 Å². The second kappa shape index (κ2) is 9.86. The van der Waals surface area contributed by atoms with Crippen LogP contribution in [0.1, 0.15) is 31.2 Å². The van der Waals surface area contributed by atoms with Gasteiger partial charge >= 0.3 is 0 Å². The third-order valence-electron chi connectivity index (χ3n) is 8.58. The van der Waals surface area contributed by atoms with Crippen molar-refractivity contribution in [2.24, 2.45) is 5.92 Å². The third-order valence-corrected chi connectivity index (χ3v) is 9.70. The summed E-state index contributed by atoms with van der Waals surface area (Å²) in [6.45, 7) is 0. The average molecular weight is 597 g/mol. The van der Waals surface area contributed by atoms with Crippen LogP contribution in [0.5, 0.6) is 11.5 Å². The van der Waals surface area contributed by atoms with Crippen LogP contribution in [0.2, 0.25) is 5.02 Å². The maximum atomic E-state index is 15.1. The van der Waals surface area contributed by atoms with Gasteiger partial charge in [-0.15, -0.1) is 11.3 Å². The molecule has 210 valence electrons. The first-order chi connectivity index (χ1) is 20.4. The van der Waals surface area contributed by atoms with Gasteiger partial charge in [-0.05, 0) is 65.0 Å². The fraction of sp³-hybridized carbons (Fsp3) is 0.182. The van der Waals surface area contributed by atoms with E-state index < -0.39 is 23.4 Å². The molecule has 0 bridgehead atoms. The van der Waals surface area contributed by atoms with Crippen LogP contribution in [0, 0.1) is 5.92 Å². The molecule has 7 rings (SSSR count). The van der Waals surface area contributed by atoms with Crippen molar-refractivity contribution in [2.45, 2.75) is 17.5 Å². The molecule has 0 radical (unpaired) electrons. The first-order valence-electron chi connectivity index (χ1n) is 13.4. The SMILES string of the molecule is COc1ccc(OC)c(C(=O)[C@@H]2[C@@H](C(=O)c3cccs3)N3c4ccc(Cl)cc4C=C[C@@H]3[C@@]23C(=O)Nc2ccccc23)c1. The molecular weight excluding hydrogens is 572 g/mol. The lowest BCUT2D eigenvalue weighted by molar-refractivity contribution is -0.121. The zero-order valence-electron chi connectivity index (χ0n) is 22.7. The minimum Gasteiger partial charge on any atom is -0.497 e. The average Bonchev–Trinajstić information content (AvgIpc) is 3.73. The molecule has 1 spiro atoms. The number of nitrogens with zero attached hydrogens (tertiary/aromatic N) is 1. The molecule has 3 aliphatic heterocycles. The number of halogens is 1. The highest BCUT2D eigenvalue weighted by molar-refractivity contribution is 7.12. The largest absolute Gasteiger partial charge is 0.497 e. The molecule has 1 aromatic heterocycles. The summed E-state index contributed by atoms with van der Waals surface area (Å²) in [5, 5.41) is 5.42. The van der Waals surface area contributed by atoms with Crippen molar-refractivity contribution < 1.29 is 23.9 Å². The maximum Gasteiger partial charge on any atom is 0.238 e. The van der Waals surface area contributed by atoms with E-state index in [-0.39, 0.29) is 23.0 Å². The number of hydrogen-bond acceptors (Lipinski definition) is 7. The number of hydrogen-bond donors (Lipinski definition) is 1. The van der Waals surface area contributed by atoms with Gasteiger partial charge in [-0.3, -0.25) is 14.4 Å². The summed E-state index contributed by atoms with van der Waals surface area (Å²) < 4.78 is 11.1. The van der Waals surface area contributed by atoms with Crippen molar-refractivity contribution in [3.8, 4) is 11.5 Å². The van der Waals surface area contributed by atoms with E-state index in [0.717, 1.165) is 11.3 Å². The minimum absolute atomic E-state index is 0.236. The topological polar surface area (TPSA) is 84.9 Å². The molecule has 7 nitrogen and oxygen atoms in total. The van der Waals surface area contributed by atoms with Crippen molar-refractivity contribution >= 4 is 57.9 Å². The van der Waals surface area contributed by atoms with Crippen molar-refractivity contribution in [3.05, 3.63) is 111 Å². The zero-order valence-corrected chi connectivity index (χ0v) is 24.2. The lowest BCUT2D eigenvalue weighted by Gasteiger charge is -2.37. The fourth-order valence-corrected chi connectivity index (χ4v) is 7.77. The summed E-state index contributed by atoms with van der Waals surface area (Å²) in [5.41, 5.74) is 1.64. The van der Waals surface area contributed by atoms with Gasteiger partial charge in [0.15, 0.2) is 11.6 Å². The van der Waals surface area contributed by atoms with Crippen molar-refractivity contribution in [1.29, 1.82) is 0 Å². The molecule has 0 saturated carbocycles. The Hall–Kier alpha value is -4.40. The summed E-state index contributed by atoms with van der Waals surface area (Å²) in [4.78, 5) is 46.6. The fourth-order valence-electron chi connectivity index (χ4n) is 6.89. The Morgan fingerprint density at radius 1 is 0.976 bits per heavy atom. The Bertz CT molecular complexity index is 1800. The first-order valence-corrected chi connectivity index (χ1v) is 14.7. The van der Waals surface area contributed by atoms with Gasteiger partial charge < -0.3 is 19.7 Å². The Morgan fingerprint density at radius 2 is 1.81 bits per heavy atom. The van der Waals surface area contributed by atoms with Crippen molar-refractivity contribution in [3.63, 3.8) is 0 Å². The Labute approximate surface area is 251 Å². The summed E-state index contributed by atoms with van der Waals surface area (Å²) in [5.74, 6) is -1.28. The smallest absolute Gasteiger partial charge is 0.238 e. The second-order valence-corrected chi connectivity index (χ2v) is 11.9. The Morgan fingerprint density at radius 3 is 2.57 bits per heavy atom. The van der Waals surface area contributed by atoms with Crippen LogP contribution in [-0.2, 0) is 10.2 Å². The van der Waals surface area contributed by atoms with Gasteiger partial charge in [-0.1, -0.05) is 48.0 Å². The Balaban J connectivity index is 1.55. The molecule has 1 fully saturated rings. The van der Waals surface area contributed by atoms with E-state index in [2.05, 4.69) is 5.32 Å². The van der Waals surface area contributed by atoms with Crippen molar-refractivity contribution in [2.75, 3.05) is 24.4 Å². The van der Waals surface area contributed by atoms with Crippen LogP contribution in [-0.4, -0.2) is 43.8 Å². The number of methoxy groups -OCH3 is 2. The predicted molar refractivity (Wildman–Crippen MR) is 163 cm³/mol. The van der Waals surface area contributed by atoms with E-state index in [4.69, 9.17) is 21.1 Å². The van der Waals surface area contributed by atoms with Gasteiger partial charge in [0.05, 0.1) is 36.6 Å². The number of carbonyl (C=O) groups is 3. The molecule has 0 unspecified atom stereocenters. The molecule has 1 amide bonds. The van der Waals surface area contributed by atoms with Gasteiger partial charge in [0.1, 0.15) is 23.0 Å². The number of anilines is 2. The second-order valence-electron chi connectivity index (χ2n) is 10.5. The molecule has 1 N–H and O–H groups in total. The number of fused-ring (bicyclic) bond motifs is 6. The molecule has 4 heterocycles. The van der Waals surface area contributed by atoms with Crippen LogP contribution in [0.3, 0.4) is 0 Å². The quantitative estimate of drug-likeness (QED) is 0.264. The summed E-state index contributed by atoms with van der Waals surface area (Å²) >= 11 is 7.68. The highest BCUT2D eigenvalue weighted by Crippen LogP contribution is 2.58. The summed E-state index contributed by atoms with van der Waals surface area (Å²) in [6, 6.07) is 19.7. The van der Waals surface area contributed by atoms with Crippen LogP contribution in [0.15, 0.2) is 84.3 Å².